The van der Waals surface area contributed by atoms with Crippen LogP contribution in [0.1, 0.15) is 40.0 Å². The number of hydrogen-bond donors (Lipinski definition) is 2. The Kier molecular flexibility index (Phi) is 4.11. The van der Waals surface area contributed by atoms with Crippen LogP contribution in [0.15, 0.2) is 42.5 Å². The van der Waals surface area contributed by atoms with Gasteiger partial charge in [-0.2, -0.15) is 0 Å². The molecule has 1 aliphatic rings. The molecule has 0 saturated heterocycles. The van der Waals surface area contributed by atoms with Crippen LogP contribution in [0.2, 0.25) is 0 Å². The van der Waals surface area contributed by atoms with Gasteiger partial charge in [-0.3, -0.25) is 4.79 Å². The van der Waals surface area contributed by atoms with Gasteiger partial charge in [-0.1, -0.05) is 18.2 Å². The van der Waals surface area contributed by atoms with E-state index in [0.29, 0.717) is 5.56 Å². The van der Waals surface area contributed by atoms with Crippen molar-refractivity contribution in [1.29, 1.82) is 0 Å². The van der Waals surface area contributed by atoms with Crippen molar-refractivity contribution >= 4 is 5.91 Å². The summed E-state index contributed by atoms with van der Waals surface area (Å²) in [4.78, 5) is 12.4. The van der Waals surface area contributed by atoms with E-state index < -0.39 is 0 Å². The van der Waals surface area contributed by atoms with E-state index in [9.17, 15) is 4.79 Å². The number of fused-ring (bicyclic) bond motifs is 1. The van der Waals surface area contributed by atoms with Gasteiger partial charge in [0.05, 0.1) is 13.2 Å². The van der Waals surface area contributed by atoms with Crippen LogP contribution >= 0.6 is 0 Å². The molecular weight excluding hydrogens is 276 g/mol. The lowest BCUT2D eigenvalue weighted by Gasteiger charge is -2.15. The molecule has 0 bridgehead atoms. The zero-order valence-corrected chi connectivity index (χ0v) is 12.8. The van der Waals surface area contributed by atoms with E-state index in [4.69, 9.17) is 4.74 Å². The molecule has 1 atom stereocenters. The molecule has 1 heterocycles. The van der Waals surface area contributed by atoms with Crippen LogP contribution in [0.25, 0.3) is 0 Å². The standard InChI is InChI=1S/C18H20N2O2/c1-12(13-5-7-17(22-2)8-6-13)20-18(21)14-3-4-15-10-19-11-16(15)9-14/h3-9,12,19H,10-11H2,1-2H3,(H,20,21). The number of nitrogens with one attached hydrogen (secondary N) is 2. The van der Waals surface area contributed by atoms with Crippen molar-refractivity contribution in [3.8, 4) is 5.75 Å². The number of benzene rings is 2. The molecule has 4 nitrogen and oxygen atoms in total. The number of rotatable bonds is 4. The van der Waals surface area contributed by atoms with Gasteiger partial charge < -0.3 is 15.4 Å². The lowest BCUT2D eigenvalue weighted by atomic mass is 10.0. The average Bonchev–Trinajstić information content (AvgIpc) is 3.02. The molecule has 114 valence electrons. The van der Waals surface area contributed by atoms with Gasteiger partial charge in [0, 0.05) is 18.7 Å². The highest BCUT2D eigenvalue weighted by atomic mass is 16.5. The molecule has 1 aliphatic heterocycles. The number of methoxy groups -OCH3 is 1. The quantitative estimate of drug-likeness (QED) is 0.912. The van der Waals surface area contributed by atoms with Gasteiger partial charge in [0.1, 0.15) is 5.75 Å². The van der Waals surface area contributed by atoms with Crippen LogP contribution < -0.4 is 15.4 Å². The second-order valence-corrected chi connectivity index (χ2v) is 5.56. The van der Waals surface area contributed by atoms with Gasteiger partial charge >= 0.3 is 0 Å². The van der Waals surface area contributed by atoms with Gasteiger partial charge in [-0.25, -0.2) is 0 Å². The molecule has 0 aromatic heterocycles. The molecule has 1 amide bonds. The Labute approximate surface area is 130 Å². The van der Waals surface area contributed by atoms with Gasteiger partial charge in [0.25, 0.3) is 5.91 Å². The summed E-state index contributed by atoms with van der Waals surface area (Å²) in [5.41, 5.74) is 4.25. The Bertz CT molecular complexity index is 680. The molecule has 4 heteroatoms. The maximum absolute atomic E-state index is 12.4. The lowest BCUT2D eigenvalue weighted by molar-refractivity contribution is 0.0940. The van der Waals surface area contributed by atoms with Gasteiger partial charge in [0.15, 0.2) is 0 Å². The largest absolute Gasteiger partial charge is 0.497 e. The van der Waals surface area contributed by atoms with Crippen molar-refractivity contribution < 1.29 is 9.53 Å². The summed E-state index contributed by atoms with van der Waals surface area (Å²) in [5.74, 6) is 0.770. The predicted octanol–water partition coefficient (Wildman–Crippen LogP) is 2.79. The molecule has 1 unspecified atom stereocenters. The predicted molar refractivity (Wildman–Crippen MR) is 85.9 cm³/mol. The van der Waals surface area contributed by atoms with E-state index in [1.54, 1.807) is 7.11 Å². The number of carbonyl (C=O) groups excluding carboxylic acids is 1. The second-order valence-electron chi connectivity index (χ2n) is 5.56. The molecule has 0 spiro atoms. The highest BCUT2D eigenvalue weighted by Crippen LogP contribution is 2.20. The molecule has 0 fully saturated rings. The fourth-order valence-electron chi connectivity index (χ4n) is 2.69. The van der Waals surface area contributed by atoms with E-state index in [1.165, 1.54) is 11.1 Å². The van der Waals surface area contributed by atoms with Crippen molar-refractivity contribution in [2.75, 3.05) is 7.11 Å². The van der Waals surface area contributed by atoms with Crippen LogP contribution in [-0.4, -0.2) is 13.0 Å². The maximum atomic E-state index is 12.4. The SMILES string of the molecule is COc1ccc(C(C)NC(=O)c2ccc3c(c2)CNC3)cc1. The average molecular weight is 296 g/mol. The van der Waals surface area contributed by atoms with Crippen molar-refractivity contribution in [2.45, 2.75) is 26.1 Å². The van der Waals surface area contributed by atoms with Gasteiger partial charge in [0.2, 0.25) is 0 Å². The molecule has 2 aromatic rings. The Morgan fingerprint density at radius 3 is 2.59 bits per heavy atom. The molecule has 0 saturated carbocycles. The van der Waals surface area contributed by atoms with Crippen LogP contribution in [0, 0.1) is 0 Å². The van der Waals surface area contributed by atoms with Crippen LogP contribution in [0.4, 0.5) is 0 Å². The first-order chi connectivity index (χ1) is 10.7. The first-order valence-electron chi connectivity index (χ1n) is 7.44. The summed E-state index contributed by atoms with van der Waals surface area (Å²) in [6, 6.07) is 13.6. The van der Waals surface area contributed by atoms with Crippen molar-refractivity contribution in [2.24, 2.45) is 0 Å². The minimum atomic E-state index is -0.0511. The molecule has 2 N–H and O–H groups in total. The first kappa shape index (κ1) is 14.6. The smallest absolute Gasteiger partial charge is 0.251 e. The highest BCUT2D eigenvalue weighted by molar-refractivity contribution is 5.94. The van der Waals surface area contributed by atoms with Gasteiger partial charge in [-0.15, -0.1) is 0 Å². The van der Waals surface area contributed by atoms with E-state index in [1.807, 2.05) is 49.4 Å². The molecule has 3 rings (SSSR count). The van der Waals surface area contributed by atoms with Crippen molar-refractivity contribution in [3.05, 3.63) is 64.7 Å². The minimum Gasteiger partial charge on any atom is -0.497 e. The number of amides is 1. The van der Waals surface area contributed by atoms with Gasteiger partial charge in [-0.05, 0) is 47.9 Å². The fraction of sp³-hybridized carbons (Fsp3) is 0.278. The lowest BCUT2D eigenvalue weighted by Crippen LogP contribution is -2.26. The van der Waals surface area contributed by atoms with E-state index in [2.05, 4.69) is 10.6 Å². The number of ether oxygens (including phenoxy) is 1. The third-order valence-corrected chi connectivity index (χ3v) is 4.06. The summed E-state index contributed by atoms with van der Waals surface area (Å²) in [7, 11) is 1.64. The van der Waals surface area contributed by atoms with Crippen molar-refractivity contribution in [1.82, 2.24) is 10.6 Å². The molecule has 0 aliphatic carbocycles. The Hall–Kier alpha value is -2.33. The van der Waals surface area contributed by atoms with Crippen molar-refractivity contribution in [3.63, 3.8) is 0 Å². The van der Waals surface area contributed by atoms with E-state index in [0.717, 1.165) is 24.4 Å². The Balaban J connectivity index is 1.70. The van der Waals surface area contributed by atoms with Crippen LogP contribution in [0.5, 0.6) is 5.75 Å². The second kappa shape index (κ2) is 6.20. The van der Waals surface area contributed by atoms with Crippen LogP contribution in [-0.2, 0) is 13.1 Å². The Morgan fingerprint density at radius 1 is 1.14 bits per heavy atom. The maximum Gasteiger partial charge on any atom is 0.251 e. The minimum absolute atomic E-state index is 0.0435. The summed E-state index contributed by atoms with van der Waals surface area (Å²) in [5, 5.41) is 6.33. The molecule has 2 aromatic carbocycles. The summed E-state index contributed by atoms with van der Waals surface area (Å²) in [6.07, 6.45) is 0. The third-order valence-electron chi connectivity index (χ3n) is 4.06. The van der Waals surface area contributed by atoms with E-state index in [-0.39, 0.29) is 11.9 Å². The molecular formula is C18H20N2O2. The van der Waals surface area contributed by atoms with Crippen LogP contribution in [0.3, 0.4) is 0 Å². The first-order valence-corrected chi connectivity index (χ1v) is 7.44. The summed E-state index contributed by atoms with van der Waals surface area (Å²) in [6.45, 7) is 3.71. The Morgan fingerprint density at radius 2 is 1.86 bits per heavy atom. The number of carbonyl (C=O) groups is 1. The summed E-state index contributed by atoms with van der Waals surface area (Å²) < 4.78 is 5.15. The highest BCUT2D eigenvalue weighted by Gasteiger charge is 2.15. The summed E-state index contributed by atoms with van der Waals surface area (Å²) >= 11 is 0. The molecule has 22 heavy (non-hydrogen) atoms. The fourth-order valence-corrected chi connectivity index (χ4v) is 2.69. The zero-order chi connectivity index (χ0) is 15.5. The molecule has 0 radical (unpaired) electrons. The van der Waals surface area contributed by atoms with E-state index >= 15 is 0 Å². The number of hydrogen-bond acceptors (Lipinski definition) is 3. The topological polar surface area (TPSA) is 50.4 Å². The zero-order valence-electron chi connectivity index (χ0n) is 12.8. The third kappa shape index (κ3) is 2.97. The monoisotopic (exact) mass is 296 g/mol. The normalized spacial score (nSPS) is 14.3.